The van der Waals surface area contributed by atoms with Crippen molar-refractivity contribution in [3.63, 3.8) is 0 Å². The molecule has 0 spiro atoms. The van der Waals surface area contributed by atoms with E-state index in [4.69, 9.17) is 0 Å². The molecule has 0 aliphatic heterocycles. The van der Waals surface area contributed by atoms with Crippen molar-refractivity contribution in [1.82, 2.24) is 0 Å². The molecule has 18 heavy (non-hydrogen) atoms. The Hall–Kier alpha value is -1.70. The fourth-order valence-electron chi connectivity index (χ4n) is 2.33. The van der Waals surface area contributed by atoms with Crippen LogP contribution >= 0.6 is 0 Å². The highest BCUT2D eigenvalue weighted by molar-refractivity contribution is 5.74. The van der Waals surface area contributed by atoms with Gasteiger partial charge in [0.25, 0.3) is 0 Å². The first kappa shape index (κ1) is 12.7. The highest BCUT2D eigenvalue weighted by Crippen LogP contribution is 2.34. The number of benzene rings is 2. The second-order valence-corrected chi connectivity index (χ2v) is 4.73. The topological polar surface area (TPSA) is 0 Å². The van der Waals surface area contributed by atoms with Crippen LogP contribution in [0.2, 0.25) is 0 Å². The Bertz CT molecular complexity index is 566. The minimum Gasteiger partial charge on any atom is -0.206 e. The lowest BCUT2D eigenvalue weighted by molar-refractivity contribution is 0.589. The van der Waals surface area contributed by atoms with Crippen molar-refractivity contribution in [1.29, 1.82) is 0 Å². The Morgan fingerprint density at radius 3 is 1.61 bits per heavy atom. The molecule has 2 rings (SSSR count). The maximum Gasteiger partial charge on any atom is 0.133 e. The van der Waals surface area contributed by atoms with Crippen molar-refractivity contribution >= 4 is 0 Å². The van der Waals surface area contributed by atoms with Crippen molar-refractivity contribution in [2.45, 2.75) is 27.7 Å². The summed E-state index contributed by atoms with van der Waals surface area (Å²) in [5.41, 5.74) is 4.73. The number of hydrogen-bond donors (Lipinski definition) is 0. The van der Waals surface area contributed by atoms with Crippen LogP contribution < -0.4 is 0 Å². The molecule has 0 saturated carbocycles. The van der Waals surface area contributed by atoms with Crippen LogP contribution in [0.3, 0.4) is 0 Å². The Balaban J connectivity index is 2.87. The number of hydrogen-bond acceptors (Lipinski definition) is 0. The standard InChI is InChI=1S/C16H16F2/c1-9-8-10(2)12(4)15(11(9)3)16-13(17)6-5-7-14(16)18/h5-8H,1-4H3. The lowest BCUT2D eigenvalue weighted by atomic mass is 9.89. The molecule has 0 bridgehead atoms. The zero-order valence-corrected chi connectivity index (χ0v) is 11.1. The van der Waals surface area contributed by atoms with Crippen LogP contribution in [-0.4, -0.2) is 0 Å². The second kappa shape index (κ2) is 4.52. The molecule has 0 N–H and O–H groups in total. The molecule has 0 amide bonds. The number of aryl methyl sites for hydroxylation is 2. The van der Waals surface area contributed by atoms with Gasteiger partial charge in [-0.3, -0.25) is 0 Å². The Labute approximate surface area is 106 Å². The lowest BCUT2D eigenvalue weighted by Crippen LogP contribution is -1.99. The summed E-state index contributed by atoms with van der Waals surface area (Å²) in [5, 5.41) is 0. The van der Waals surface area contributed by atoms with Gasteiger partial charge in [0.2, 0.25) is 0 Å². The molecule has 0 radical (unpaired) electrons. The van der Waals surface area contributed by atoms with Crippen LogP contribution in [-0.2, 0) is 0 Å². The van der Waals surface area contributed by atoms with Crippen LogP contribution in [0, 0.1) is 39.3 Å². The minimum atomic E-state index is -0.508. The third-order valence-corrected chi connectivity index (χ3v) is 3.58. The summed E-state index contributed by atoms with van der Waals surface area (Å²) in [6.45, 7) is 7.74. The van der Waals surface area contributed by atoms with Crippen molar-refractivity contribution < 1.29 is 8.78 Å². The van der Waals surface area contributed by atoms with E-state index in [-0.39, 0.29) is 5.56 Å². The van der Waals surface area contributed by atoms with Crippen molar-refractivity contribution in [2.75, 3.05) is 0 Å². The van der Waals surface area contributed by atoms with Gasteiger partial charge in [-0.15, -0.1) is 0 Å². The average Bonchev–Trinajstić information content (AvgIpc) is 2.30. The third kappa shape index (κ3) is 1.92. The molecule has 0 unspecified atom stereocenters. The van der Waals surface area contributed by atoms with E-state index in [0.717, 1.165) is 22.3 Å². The molecule has 2 aromatic rings. The molecule has 2 aromatic carbocycles. The summed E-state index contributed by atoms with van der Waals surface area (Å²) in [6, 6.07) is 6.04. The predicted molar refractivity (Wildman–Crippen MR) is 70.7 cm³/mol. The monoisotopic (exact) mass is 246 g/mol. The number of rotatable bonds is 1. The Kier molecular flexibility index (Phi) is 3.20. The van der Waals surface area contributed by atoms with Gasteiger partial charge in [0.15, 0.2) is 0 Å². The molecular formula is C16H16F2. The predicted octanol–water partition coefficient (Wildman–Crippen LogP) is 4.87. The molecule has 0 aliphatic carbocycles. The Morgan fingerprint density at radius 1 is 0.722 bits per heavy atom. The largest absolute Gasteiger partial charge is 0.206 e. The summed E-state index contributed by atoms with van der Waals surface area (Å²) < 4.78 is 27.8. The lowest BCUT2D eigenvalue weighted by Gasteiger charge is -2.16. The van der Waals surface area contributed by atoms with E-state index in [1.807, 2.05) is 33.8 Å². The van der Waals surface area contributed by atoms with Crippen LogP contribution in [0.1, 0.15) is 22.3 Å². The molecular weight excluding hydrogens is 230 g/mol. The highest BCUT2D eigenvalue weighted by Gasteiger charge is 2.17. The molecule has 0 aliphatic rings. The van der Waals surface area contributed by atoms with E-state index in [9.17, 15) is 8.78 Å². The molecule has 0 saturated heterocycles. The van der Waals surface area contributed by atoms with Crippen molar-refractivity contribution in [3.8, 4) is 11.1 Å². The normalized spacial score (nSPS) is 10.8. The van der Waals surface area contributed by atoms with Gasteiger partial charge in [0, 0.05) is 0 Å². The van der Waals surface area contributed by atoms with Gasteiger partial charge < -0.3 is 0 Å². The fraction of sp³-hybridized carbons (Fsp3) is 0.250. The third-order valence-electron chi connectivity index (χ3n) is 3.58. The van der Waals surface area contributed by atoms with E-state index in [0.29, 0.717) is 5.56 Å². The zero-order chi connectivity index (χ0) is 13.4. The quantitative estimate of drug-likeness (QED) is 0.673. The van der Waals surface area contributed by atoms with Crippen molar-refractivity contribution in [2.24, 2.45) is 0 Å². The molecule has 2 heteroatoms. The molecule has 0 heterocycles. The first-order chi connectivity index (χ1) is 8.43. The summed E-state index contributed by atoms with van der Waals surface area (Å²) in [7, 11) is 0. The van der Waals surface area contributed by atoms with Gasteiger partial charge >= 0.3 is 0 Å². The van der Waals surface area contributed by atoms with Crippen LogP contribution in [0.5, 0.6) is 0 Å². The van der Waals surface area contributed by atoms with E-state index in [2.05, 4.69) is 0 Å². The smallest absolute Gasteiger partial charge is 0.133 e. The SMILES string of the molecule is Cc1cc(C)c(C)c(-c2c(F)cccc2F)c1C. The van der Waals surface area contributed by atoms with Crippen LogP contribution in [0.25, 0.3) is 11.1 Å². The first-order valence-corrected chi connectivity index (χ1v) is 5.95. The summed E-state index contributed by atoms with van der Waals surface area (Å²) in [5.74, 6) is -1.02. The van der Waals surface area contributed by atoms with E-state index < -0.39 is 11.6 Å². The summed E-state index contributed by atoms with van der Waals surface area (Å²) in [4.78, 5) is 0. The van der Waals surface area contributed by atoms with Gasteiger partial charge in [-0.2, -0.15) is 0 Å². The van der Waals surface area contributed by atoms with Gasteiger partial charge in [0.1, 0.15) is 11.6 Å². The van der Waals surface area contributed by atoms with E-state index >= 15 is 0 Å². The Morgan fingerprint density at radius 2 is 1.17 bits per heavy atom. The molecule has 0 aromatic heterocycles. The van der Waals surface area contributed by atoms with Crippen molar-refractivity contribution in [3.05, 3.63) is 58.2 Å². The van der Waals surface area contributed by atoms with Gasteiger partial charge in [0.05, 0.1) is 5.56 Å². The first-order valence-electron chi connectivity index (χ1n) is 5.95. The van der Waals surface area contributed by atoms with E-state index in [1.54, 1.807) is 0 Å². The maximum atomic E-state index is 13.9. The van der Waals surface area contributed by atoms with Crippen LogP contribution in [0.15, 0.2) is 24.3 Å². The van der Waals surface area contributed by atoms with Gasteiger partial charge in [-0.1, -0.05) is 12.1 Å². The second-order valence-electron chi connectivity index (χ2n) is 4.73. The summed E-state index contributed by atoms with van der Waals surface area (Å²) >= 11 is 0. The molecule has 0 fully saturated rings. The van der Waals surface area contributed by atoms with Gasteiger partial charge in [-0.25, -0.2) is 8.78 Å². The highest BCUT2D eigenvalue weighted by atomic mass is 19.1. The molecule has 0 atom stereocenters. The van der Waals surface area contributed by atoms with E-state index in [1.165, 1.54) is 18.2 Å². The number of halogens is 2. The maximum absolute atomic E-state index is 13.9. The fourth-order valence-corrected chi connectivity index (χ4v) is 2.33. The average molecular weight is 246 g/mol. The van der Waals surface area contributed by atoms with Crippen LogP contribution in [0.4, 0.5) is 8.78 Å². The molecule has 0 nitrogen and oxygen atoms in total. The van der Waals surface area contributed by atoms with Gasteiger partial charge in [-0.05, 0) is 67.6 Å². The summed E-state index contributed by atoms with van der Waals surface area (Å²) in [6.07, 6.45) is 0. The zero-order valence-electron chi connectivity index (χ0n) is 11.1. The molecule has 94 valence electrons. The minimum absolute atomic E-state index is 0.0827.